The lowest BCUT2D eigenvalue weighted by atomic mass is 10.1. The summed E-state index contributed by atoms with van der Waals surface area (Å²) in [6.45, 7) is 2.11. The summed E-state index contributed by atoms with van der Waals surface area (Å²) in [5.41, 5.74) is 1.26. The van der Waals surface area contributed by atoms with Crippen molar-refractivity contribution >= 4 is 5.95 Å². The highest BCUT2D eigenvalue weighted by atomic mass is 15.1. The molecule has 0 aliphatic heterocycles. The SMILES string of the molecule is C[C@H](Cc1ccncc1)Nc1ncccn1. The minimum atomic E-state index is 0.296. The zero-order valence-electron chi connectivity index (χ0n) is 9.17. The highest BCUT2D eigenvalue weighted by Gasteiger charge is 2.04. The van der Waals surface area contributed by atoms with Crippen LogP contribution < -0.4 is 5.32 Å². The van der Waals surface area contributed by atoms with Crippen molar-refractivity contribution in [1.82, 2.24) is 15.0 Å². The maximum absolute atomic E-state index is 4.13. The zero-order valence-corrected chi connectivity index (χ0v) is 9.17. The molecule has 0 amide bonds. The lowest BCUT2D eigenvalue weighted by molar-refractivity contribution is 0.776. The minimum Gasteiger partial charge on any atom is -0.351 e. The van der Waals surface area contributed by atoms with E-state index in [0.29, 0.717) is 12.0 Å². The van der Waals surface area contributed by atoms with Gasteiger partial charge in [0.1, 0.15) is 0 Å². The molecule has 0 radical (unpaired) electrons. The largest absolute Gasteiger partial charge is 0.351 e. The fourth-order valence-corrected chi connectivity index (χ4v) is 1.52. The Morgan fingerprint density at radius 3 is 2.50 bits per heavy atom. The molecule has 2 aromatic rings. The van der Waals surface area contributed by atoms with Crippen molar-refractivity contribution in [2.45, 2.75) is 19.4 Å². The number of anilines is 1. The predicted molar refractivity (Wildman–Crippen MR) is 63.1 cm³/mol. The predicted octanol–water partition coefficient (Wildman–Crippen LogP) is 1.91. The number of hydrogen-bond donors (Lipinski definition) is 1. The van der Waals surface area contributed by atoms with Crippen molar-refractivity contribution in [3.8, 4) is 0 Å². The summed E-state index contributed by atoms with van der Waals surface area (Å²) in [7, 11) is 0. The van der Waals surface area contributed by atoms with Gasteiger partial charge in [0, 0.05) is 30.8 Å². The van der Waals surface area contributed by atoms with Crippen molar-refractivity contribution in [1.29, 1.82) is 0 Å². The molecular formula is C12H14N4. The van der Waals surface area contributed by atoms with E-state index < -0.39 is 0 Å². The molecule has 1 atom stereocenters. The van der Waals surface area contributed by atoms with Crippen LogP contribution in [-0.2, 0) is 6.42 Å². The highest BCUT2D eigenvalue weighted by molar-refractivity contribution is 5.25. The molecule has 2 heterocycles. The second-order valence-electron chi connectivity index (χ2n) is 3.68. The number of aromatic nitrogens is 3. The van der Waals surface area contributed by atoms with Crippen molar-refractivity contribution in [3.05, 3.63) is 48.5 Å². The maximum Gasteiger partial charge on any atom is 0.222 e. The van der Waals surface area contributed by atoms with Gasteiger partial charge in [-0.15, -0.1) is 0 Å². The smallest absolute Gasteiger partial charge is 0.222 e. The summed E-state index contributed by atoms with van der Waals surface area (Å²) in [6.07, 6.45) is 8.01. The summed E-state index contributed by atoms with van der Waals surface area (Å²) in [4.78, 5) is 12.2. The average molecular weight is 214 g/mol. The Kier molecular flexibility index (Phi) is 3.43. The molecule has 0 fully saturated rings. The monoisotopic (exact) mass is 214 g/mol. The Morgan fingerprint density at radius 2 is 1.81 bits per heavy atom. The fraction of sp³-hybridized carbons (Fsp3) is 0.250. The molecular weight excluding hydrogens is 200 g/mol. The standard InChI is InChI=1S/C12H14N4/c1-10(9-11-3-7-13-8-4-11)16-12-14-5-2-6-15-12/h2-8,10H,9H2,1H3,(H,14,15,16)/t10-/m1/s1. The fourth-order valence-electron chi connectivity index (χ4n) is 1.52. The Morgan fingerprint density at radius 1 is 1.12 bits per heavy atom. The van der Waals surface area contributed by atoms with E-state index in [2.05, 4.69) is 27.2 Å². The van der Waals surface area contributed by atoms with Gasteiger partial charge in [-0.25, -0.2) is 9.97 Å². The third-order valence-electron chi connectivity index (χ3n) is 2.23. The first-order valence-corrected chi connectivity index (χ1v) is 5.27. The van der Waals surface area contributed by atoms with E-state index in [4.69, 9.17) is 0 Å². The zero-order chi connectivity index (χ0) is 11.2. The molecule has 2 aromatic heterocycles. The highest BCUT2D eigenvalue weighted by Crippen LogP contribution is 2.05. The molecule has 1 N–H and O–H groups in total. The molecule has 0 saturated heterocycles. The molecule has 4 nitrogen and oxygen atoms in total. The van der Waals surface area contributed by atoms with Crippen LogP contribution in [0.15, 0.2) is 43.0 Å². The average Bonchev–Trinajstić information content (AvgIpc) is 2.31. The van der Waals surface area contributed by atoms with Gasteiger partial charge in [-0.1, -0.05) is 0 Å². The van der Waals surface area contributed by atoms with Gasteiger partial charge >= 0.3 is 0 Å². The first kappa shape index (κ1) is 10.5. The number of pyridine rings is 1. The first-order valence-electron chi connectivity index (χ1n) is 5.27. The molecule has 0 saturated carbocycles. The van der Waals surface area contributed by atoms with Gasteiger partial charge in [-0.05, 0) is 37.1 Å². The number of hydrogen-bond acceptors (Lipinski definition) is 4. The molecule has 0 aliphatic rings. The molecule has 0 aromatic carbocycles. The van der Waals surface area contributed by atoms with E-state index in [1.54, 1.807) is 30.9 Å². The Hall–Kier alpha value is -1.97. The molecule has 4 heteroatoms. The number of nitrogens with zero attached hydrogens (tertiary/aromatic N) is 3. The molecule has 0 unspecified atom stereocenters. The van der Waals surface area contributed by atoms with Crippen LogP contribution in [0.25, 0.3) is 0 Å². The van der Waals surface area contributed by atoms with Gasteiger partial charge in [0.2, 0.25) is 5.95 Å². The molecule has 16 heavy (non-hydrogen) atoms. The third-order valence-corrected chi connectivity index (χ3v) is 2.23. The van der Waals surface area contributed by atoms with Crippen LogP contribution in [0.4, 0.5) is 5.95 Å². The normalized spacial score (nSPS) is 12.1. The van der Waals surface area contributed by atoms with Crippen LogP contribution in [0.1, 0.15) is 12.5 Å². The molecule has 0 spiro atoms. The maximum atomic E-state index is 4.13. The lowest BCUT2D eigenvalue weighted by Gasteiger charge is -2.13. The van der Waals surface area contributed by atoms with Gasteiger partial charge in [0.25, 0.3) is 0 Å². The molecule has 0 aliphatic carbocycles. The van der Waals surface area contributed by atoms with Gasteiger partial charge in [0.15, 0.2) is 0 Å². The van der Waals surface area contributed by atoms with Crippen LogP contribution in [0.3, 0.4) is 0 Å². The van der Waals surface area contributed by atoms with Crippen LogP contribution in [0.5, 0.6) is 0 Å². The van der Waals surface area contributed by atoms with Gasteiger partial charge < -0.3 is 5.32 Å². The Bertz CT molecular complexity index is 374. The van der Waals surface area contributed by atoms with Crippen LogP contribution in [0.2, 0.25) is 0 Å². The quantitative estimate of drug-likeness (QED) is 0.844. The Balaban J connectivity index is 1.92. The van der Waals surface area contributed by atoms with Gasteiger partial charge in [-0.3, -0.25) is 4.98 Å². The molecule has 0 bridgehead atoms. The summed E-state index contributed by atoms with van der Waals surface area (Å²) >= 11 is 0. The minimum absolute atomic E-state index is 0.296. The number of rotatable bonds is 4. The van der Waals surface area contributed by atoms with Crippen LogP contribution in [-0.4, -0.2) is 21.0 Å². The van der Waals surface area contributed by atoms with Crippen molar-refractivity contribution in [2.75, 3.05) is 5.32 Å². The van der Waals surface area contributed by atoms with Crippen LogP contribution >= 0.6 is 0 Å². The summed E-state index contributed by atoms with van der Waals surface area (Å²) in [5, 5.41) is 3.25. The van der Waals surface area contributed by atoms with E-state index in [9.17, 15) is 0 Å². The Labute approximate surface area is 94.8 Å². The topological polar surface area (TPSA) is 50.7 Å². The van der Waals surface area contributed by atoms with Crippen molar-refractivity contribution in [3.63, 3.8) is 0 Å². The van der Waals surface area contributed by atoms with Crippen molar-refractivity contribution < 1.29 is 0 Å². The first-order chi connectivity index (χ1) is 7.84. The lowest BCUT2D eigenvalue weighted by Crippen LogP contribution is -2.19. The van der Waals surface area contributed by atoms with E-state index in [0.717, 1.165) is 6.42 Å². The van der Waals surface area contributed by atoms with E-state index >= 15 is 0 Å². The van der Waals surface area contributed by atoms with Gasteiger partial charge in [-0.2, -0.15) is 0 Å². The van der Waals surface area contributed by atoms with Crippen molar-refractivity contribution in [2.24, 2.45) is 0 Å². The second-order valence-corrected chi connectivity index (χ2v) is 3.68. The van der Waals surface area contributed by atoms with E-state index in [-0.39, 0.29) is 0 Å². The molecule has 82 valence electrons. The van der Waals surface area contributed by atoms with Crippen LogP contribution in [0, 0.1) is 0 Å². The summed E-state index contributed by atoms with van der Waals surface area (Å²) in [6, 6.07) is 6.14. The molecule has 2 rings (SSSR count). The van der Waals surface area contributed by atoms with E-state index in [1.165, 1.54) is 5.56 Å². The summed E-state index contributed by atoms with van der Waals surface area (Å²) in [5.74, 6) is 0.670. The van der Waals surface area contributed by atoms with Gasteiger partial charge in [0.05, 0.1) is 0 Å². The number of nitrogens with one attached hydrogen (secondary N) is 1. The third kappa shape index (κ3) is 3.02. The second kappa shape index (κ2) is 5.21. The summed E-state index contributed by atoms with van der Waals surface area (Å²) < 4.78 is 0. The van der Waals surface area contributed by atoms with E-state index in [1.807, 2.05) is 12.1 Å².